The van der Waals surface area contributed by atoms with Crippen molar-refractivity contribution in [2.45, 2.75) is 513 Å². The molecule has 0 aromatic heterocycles. The van der Waals surface area contributed by atoms with E-state index in [0.29, 0.717) is 64.6 Å². The number of rotatable bonds is 23. The van der Waals surface area contributed by atoms with Crippen molar-refractivity contribution in [2.75, 3.05) is 0 Å². The SMILES string of the molecule is C.C.CC(C)C(C(C)C)C(C)(C)C(F)(F)F.CC(C)C(C)(C)C.CCC(C)(C)C.CCC(C)(CC)C(C)(C)C.CCC(C)(CC)C(F)(F)F.CCC(C)(CC)[C@](C)(CC)C(F)(F)F.CCC(CC)C(C)(C)C.CCC(CC)[C@](C)(CC)C(F)(F)F.CCCC(C)(C)C.CCC[C@](C)(CC)C(F)(F)F.CC[C@@](C)(C(C)C)C(F)(F)F. The van der Waals surface area contributed by atoms with E-state index in [0.717, 1.165) is 11.8 Å². The molecule has 18 heteroatoms. The van der Waals surface area contributed by atoms with Crippen molar-refractivity contribution in [3.8, 4) is 0 Å². The van der Waals surface area contributed by atoms with E-state index in [-0.39, 0.29) is 89.4 Å². The Morgan fingerprint density at radius 2 is 0.482 bits per heavy atom. The van der Waals surface area contributed by atoms with Gasteiger partial charge in [-0.3, -0.25) is 0 Å². The third kappa shape index (κ3) is 53.6. The van der Waals surface area contributed by atoms with Crippen LogP contribution in [0.3, 0.4) is 0 Å². The maximum absolute atomic E-state index is 13.0. The summed E-state index contributed by atoms with van der Waals surface area (Å²) in [6, 6.07) is 0. The highest BCUT2D eigenvalue weighted by molar-refractivity contribution is 4.96. The third-order valence-electron chi connectivity index (χ3n) is 27.0. The maximum atomic E-state index is 13.0. The Bertz CT molecular complexity index is 2130. The van der Waals surface area contributed by atoms with Crippen LogP contribution >= 0.6 is 0 Å². The third-order valence-corrected chi connectivity index (χ3v) is 27.0. The van der Waals surface area contributed by atoms with Crippen molar-refractivity contribution in [3.05, 3.63) is 0 Å². The van der Waals surface area contributed by atoms with Crippen LogP contribution in [0.1, 0.15) is 476 Å². The molecule has 0 spiro atoms. The van der Waals surface area contributed by atoms with Gasteiger partial charge in [0.25, 0.3) is 0 Å². The van der Waals surface area contributed by atoms with E-state index in [1.165, 1.54) is 93.4 Å². The molecule has 0 fully saturated rings. The van der Waals surface area contributed by atoms with E-state index in [1.54, 1.807) is 69.2 Å². The largest absolute Gasteiger partial charge is 0.394 e. The second kappa shape index (κ2) is 58.7. The van der Waals surface area contributed by atoms with Gasteiger partial charge in [0.15, 0.2) is 0 Å². The minimum atomic E-state index is -4.12. The summed E-state index contributed by atoms with van der Waals surface area (Å²) in [4.78, 5) is 0. The Balaban J connectivity index is -0.0000000900. The standard InChI is InChI=1S/2C11H21F3.C10H19F3.C10H22.C9H20.2C8H15F3.C7H13F3.2C7H16.C6H14.2CH4/c1-7(2)9(8(3)4)10(5,6)11(12,13)14;1-6-9(4,7-2)10(5,8-3)11(12,13)14;1-5-8(6-2)9(4,7-3)10(11,12)13;1-7-10(6,8-2)9(3,4)5;1-6-8(7-2)9(3,4)5;1-5-7(4,6(2)3)8(9,10)11;1-4-6-7(3,5-2)8(9,10)11;1-4-6(3,5-2)7(8,9)10;1-6(2)7(3,4)5;1-5-6-7(2,3)4;1-5-6(2,3)4;;/h7-9H,1-6H3;6-8H2,1-5H3;8H,5-7H2,1-4H3;7-8H2,1-6H3;8H,6-7H2,1-5H3;6H,5H2,1-4H3;4-6H2,1-3H3;4-5H2,1-3H3;6H,1-5H3;5-6H2,1-4H3;5H2,1-4H3;2*1H4/t;10-;9-;;;2*7-;;;;;;/m.00..00....../s1. The number of hydrogen-bond donors (Lipinski definition) is 0. The number of hydrogen-bond acceptors (Lipinski definition) is 0. The smallest absolute Gasteiger partial charge is 0.171 e. The first-order chi connectivity index (χ1) is 49.0. The summed E-state index contributed by atoms with van der Waals surface area (Å²) in [7, 11) is 0. The quantitative estimate of drug-likeness (QED) is 0.0895. The zero-order valence-corrected chi connectivity index (χ0v) is 82.8. The summed E-state index contributed by atoms with van der Waals surface area (Å²) < 4.78 is 226. The minimum Gasteiger partial charge on any atom is -0.171 e. The summed E-state index contributed by atoms with van der Waals surface area (Å²) in [5.74, 6) is 0.857. The van der Waals surface area contributed by atoms with Gasteiger partial charge in [0.2, 0.25) is 0 Å². The summed E-state index contributed by atoms with van der Waals surface area (Å²) >= 11 is 0. The van der Waals surface area contributed by atoms with Gasteiger partial charge in [0, 0.05) is 0 Å². The fraction of sp³-hybridized carbons (Fsp3) is 1.00. The second-order valence-electron chi connectivity index (χ2n) is 41.0. The van der Waals surface area contributed by atoms with Crippen molar-refractivity contribution < 1.29 is 79.0 Å². The lowest BCUT2D eigenvalue weighted by molar-refractivity contribution is -0.259. The molecule has 0 nitrogen and oxygen atoms in total. The van der Waals surface area contributed by atoms with Crippen LogP contribution < -0.4 is 0 Å². The van der Waals surface area contributed by atoms with Crippen LogP contribution in [0.5, 0.6) is 0 Å². The second-order valence-corrected chi connectivity index (χ2v) is 41.0. The summed E-state index contributed by atoms with van der Waals surface area (Å²) in [5, 5.41) is 0. The van der Waals surface area contributed by atoms with Gasteiger partial charge < -0.3 is 0 Å². The molecular weight excluding hydrogens is 1500 g/mol. The first-order valence-electron chi connectivity index (χ1n) is 43.4. The molecule has 0 N–H and O–H groups in total. The molecule has 0 rings (SSSR count). The van der Waals surface area contributed by atoms with Crippen LogP contribution in [-0.4, -0.2) is 37.1 Å². The molecule has 0 bridgehead atoms. The van der Waals surface area contributed by atoms with E-state index in [2.05, 4.69) is 166 Å². The van der Waals surface area contributed by atoms with Gasteiger partial charge in [0.1, 0.15) is 0 Å². The van der Waals surface area contributed by atoms with Gasteiger partial charge in [-0.25, -0.2) is 0 Å². The normalized spacial score (nSPS) is 15.1. The first-order valence-corrected chi connectivity index (χ1v) is 43.4. The van der Waals surface area contributed by atoms with E-state index >= 15 is 0 Å². The van der Waals surface area contributed by atoms with Crippen molar-refractivity contribution in [1.82, 2.24) is 0 Å². The molecule has 4 atom stereocenters. The Kier molecular flexibility index (Phi) is 72.9. The molecule has 114 heavy (non-hydrogen) atoms. The van der Waals surface area contributed by atoms with Gasteiger partial charge in [-0.1, -0.05) is 412 Å². The minimum absolute atomic E-state index is 0. The zero-order chi connectivity index (χ0) is 94.0. The van der Waals surface area contributed by atoms with Crippen LogP contribution in [0.4, 0.5) is 79.0 Å². The van der Waals surface area contributed by atoms with Crippen molar-refractivity contribution in [1.29, 1.82) is 0 Å². The molecule has 710 valence electrons. The predicted octanol–water partition coefficient (Wildman–Crippen LogP) is 41.0. The molecule has 0 heterocycles. The highest BCUT2D eigenvalue weighted by Gasteiger charge is 2.59. The van der Waals surface area contributed by atoms with E-state index < -0.39 is 75.0 Å². The summed E-state index contributed by atoms with van der Waals surface area (Å²) in [6.45, 7) is 94.9. The molecular formula is C96H200F18. The van der Waals surface area contributed by atoms with Gasteiger partial charge in [-0.15, -0.1) is 0 Å². The summed E-state index contributed by atoms with van der Waals surface area (Å²) in [6.07, 6.45) is -11.2. The average molecular weight is 1700 g/mol. The van der Waals surface area contributed by atoms with E-state index in [4.69, 9.17) is 0 Å². The molecule has 0 aliphatic rings. The topological polar surface area (TPSA) is 0 Å². The lowest BCUT2D eigenvalue weighted by Crippen LogP contribution is -2.47. The lowest BCUT2D eigenvalue weighted by atomic mass is 9.60. The van der Waals surface area contributed by atoms with Gasteiger partial charge in [-0.05, 0) is 144 Å². The Morgan fingerprint density at radius 1 is 0.228 bits per heavy atom. The molecule has 0 radical (unpaired) electrons. The maximum Gasteiger partial charge on any atom is 0.394 e. The molecule has 0 unspecified atom stereocenters. The highest BCUT2D eigenvalue weighted by Crippen LogP contribution is 2.57. The highest BCUT2D eigenvalue weighted by atomic mass is 19.4. The molecule has 0 amide bonds. The zero-order valence-electron chi connectivity index (χ0n) is 82.8. The molecule has 0 saturated heterocycles. The lowest BCUT2D eigenvalue weighted by Gasteiger charge is -2.46. The number of halogens is 18. The van der Waals surface area contributed by atoms with Gasteiger partial charge in [-0.2, -0.15) is 79.0 Å². The summed E-state index contributed by atoms with van der Waals surface area (Å²) in [5.41, 5.74) is -6.71. The van der Waals surface area contributed by atoms with Gasteiger partial charge >= 0.3 is 37.1 Å². The van der Waals surface area contributed by atoms with E-state index in [9.17, 15) is 79.0 Å². The average Bonchev–Trinajstić information content (AvgIpc) is 0.773. The van der Waals surface area contributed by atoms with Crippen molar-refractivity contribution in [2.24, 2.45) is 112 Å². The molecule has 0 aliphatic carbocycles. The predicted molar refractivity (Wildman–Crippen MR) is 472 cm³/mol. The fourth-order valence-corrected chi connectivity index (χ4v) is 12.8. The monoisotopic (exact) mass is 1700 g/mol. The Morgan fingerprint density at radius 3 is 0.518 bits per heavy atom. The Hall–Kier alpha value is -1.26. The van der Waals surface area contributed by atoms with E-state index in [1.807, 2.05) is 55.4 Å². The van der Waals surface area contributed by atoms with Crippen LogP contribution in [0, 0.1) is 112 Å². The molecule has 0 aromatic rings. The number of alkyl halides is 18. The van der Waals surface area contributed by atoms with Crippen LogP contribution in [0.15, 0.2) is 0 Å². The van der Waals surface area contributed by atoms with Crippen molar-refractivity contribution >= 4 is 0 Å². The molecule has 0 aromatic carbocycles. The van der Waals surface area contributed by atoms with Gasteiger partial charge in [0.05, 0.1) is 32.5 Å². The Labute approximate surface area is 700 Å². The van der Waals surface area contributed by atoms with Crippen LogP contribution in [-0.2, 0) is 0 Å². The molecule has 0 aliphatic heterocycles. The first kappa shape index (κ1) is 142. The fourth-order valence-electron chi connectivity index (χ4n) is 12.8. The van der Waals surface area contributed by atoms with Crippen LogP contribution in [0.2, 0.25) is 0 Å². The van der Waals surface area contributed by atoms with Crippen LogP contribution in [0.25, 0.3) is 0 Å². The van der Waals surface area contributed by atoms with Crippen molar-refractivity contribution in [3.63, 3.8) is 0 Å². The molecule has 0 saturated carbocycles.